The van der Waals surface area contributed by atoms with Gasteiger partial charge in [0.15, 0.2) is 0 Å². The number of ether oxygens (including phenoxy) is 1. The van der Waals surface area contributed by atoms with Crippen LogP contribution in [0.5, 0.6) is 0 Å². The maximum atomic E-state index is 12.5. The lowest BCUT2D eigenvalue weighted by Crippen LogP contribution is -2.42. The van der Waals surface area contributed by atoms with Gasteiger partial charge >= 0.3 is 0 Å². The van der Waals surface area contributed by atoms with Crippen LogP contribution in [0.1, 0.15) is 37.7 Å². The molecule has 1 aliphatic heterocycles. The van der Waals surface area contributed by atoms with E-state index in [0.717, 1.165) is 12.8 Å². The van der Waals surface area contributed by atoms with Crippen LogP contribution in [-0.4, -0.2) is 36.6 Å². The van der Waals surface area contributed by atoms with Crippen LogP contribution in [-0.2, 0) is 9.53 Å². The van der Waals surface area contributed by atoms with Crippen LogP contribution >= 0.6 is 11.3 Å². The van der Waals surface area contributed by atoms with E-state index in [-0.39, 0.29) is 24.2 Å². The monoisotopic (exact) mass is 282 g/mol. The van der Waals surface area contributed by atoms with Crippen LogP contribution in [0.25, 0.3) is 0 Å². The minimum absolute atomic E-state index is 0.00227. The standard InChI is InChI=1S/C14H22N2O2S/c1-4-10(9-18-3)16-13(12-7-6-8-19-12)15-11(5-2)14(16)17/h6-8,10-11,13,15H,4-5,9H2,1-3H3. The summed E-state index contributed by atoms with van der Waals surface area (Å²) in [5, 5.41) is 5.50. The molecule has 1 N–H and O–H groups in total. The minimum Gasteiger partial charge on any atom is -0.383 e. The molecule has 106 valence electrons. The van der Waals surface area contributed by atoms with Gasteiger partial charge in [0, 0.05) is 12.0 Å². The molecule has 1 saturated heterocycles. The predicted octanol–water partition coefficient (Wildman–Crippen LogP) is 2.38. The molecule has 1 fully saturated rings. The maximum Gasteiger partial charge on any atom is 0.241 e. The van der Waals surface area contributed by atoms with E-state index in [1.54, 1.807) is 18.4 Å². The topological polar surface area (TPSA) is 41.6 Å². The van der Waals surface area contributed by atoms with E-state index in [1.807, 2.05) is 17.9 Å². The van der Waals surface area contributed by atoms with Crippen LogP contribution in [0.2, 0.25) is 0 Å². The summed E-state index contributed by atoms with van der Waals surface area (Å²) in [6, 6.07) is 4.17. The Hall–Kier alpha value is -0.910. The molecule has 0 aliphatic carbocycles. The van der Waals surface area contributed by atoms with Crippen LogP contribution in [0.4, 0.5) is 0 Å². The molecule has 1 amide bonds. The van der Waals surface area contributed by atoms with E-state index in [9.17, 15) is 4.79 Å². The van der Waals surface area contributed by atoms with Crippen molar-refractivity contribution in [3.05, 3.63) is 22.4 Å². The Bertz CT molecular complexity index is 408. The summed E-state index contributed by atoms with van der Waals surface area (Å²) in [5.74, 6) is 0.199. The molecule has 0 radical (unpaired) electrons. The zero-order chi connectivity index (χ0) is 13.8. The lowest BCUT2D eigenvalue weighted by atomic mass is 10.1. The predicted molar refractivity (Wildman–Crippen MR) is 77.1 cm³/mol. The third kappa shape index (κ3) is 2.83. The van der Waals surface area contributed by atoms with Gasteiger partial charge in [0.05, 0.1) is 18.7 Å². The summed E-state index contributed by atoms with van der Waals surface area (Å²) in [5.41, 5.74) is 0. The summed E-state index contributed by atoms with van der Waals surface area (Å²) in [4.78, 5) is 15.7. The number of nitrogens with one attached hydrogen (secondary N) is 1. The average molecular weight is 282 g/mol. The lowest BCUT2D eigenvalue weighted by molar-refractivity contribution is -0.133. The fourth-order valence-electron chi connectivity index (χ4n) is 2.59. The number of amides is 1. The Morgan fingerprint density at radius 3 is 2.84 bits per heavy atom. The average Bonchev–Trinajstić information content (AvgIpc) is 3.04. The summed E-state index contributed by atoms with van der Waals surface area (Å²) in [6.45, 7) is 4.73. The number of nitrogens with zero attached hydrogens (tertiary/aromatic N) is 1. The summed E-state index contributed by atoms with van der Waals surface area (Å²) >= 11 is 1.69. The first-order valence-electron chi connectivity index (χ1n) is 6.83. The van der Waals surface area contributed by atoms with Crippen molar-refractivity contribution >= 4 is 17.2 Å². The fourth-order valence-corrected chi connectivity index (χ4v) is 3.37. The molecule has 0 aromatic carbocycles. The Labute approximate surface area is 118 Å². The van der Waals surface area contributed by atoms with Crippen molar-refractivity contribution in [1.29, 1.82) is 0 Å². The Morgan fingerprint density at radius 2 is 2.32 bits per heavy atom. The molecule has 1 aromatic rings. The van der Waals surface area contributed by atoms with Crippen molar-refractivity contribution < 1.29 is 9.53 Å². The van der Waals surface area contributed by atoms with Gasteiger partial charge in [-0.1, -0.05) is 19.9 Å². The molecular formula is C14H22N2O2S. The number of carbonyl (C=O) groups is 1. The Morgan fingerprint density at radius 1 is 1.53 bits per heavy atom. The highest BCUT2D eigenvalue weighted by Crippen LogP contribution is 2.32. The first-order chi connectivity index (χ1) is 9.22. The van der Waals surface area contributed by atoms with Crippen LogP contribution in [0.15, 0.2) is 17.5 Å². The fraction of sp³-hybridized carbons (Fsp3) is 0.643. The van der Waals surface area contributed by atoms with Crippen LogP contribution in [0, 0.1) is 0 Å². The number of hydrogen-bond acceptors (Lipinski definition) is 4. The lowest BCUT2D eigenvalue weighted by Gasteiger charge is -2.31. The van der Waals surface area contributed by atoms with Gasteiger partial charge < -0.3 is 9.64 Å². The van der Waals surface area contributed by atoms with Crippen LogP contribution < -0.4 is 5.32 Å². The highest BCUT2D eigenvalue weighted by molar-refractivity contribution is 7.10. The van der Waals surface area contributed by atoms with Crippen molar-refractivity contribution in [3.8, 4) is 0 Å². The summed E-state index contributed by atoms with van der Waals surface area (Å²) < 4.78 is 5.27. The highest BCUT2D eigenvalue weighted by Gasteiger charge is 2.42. The van der Waals surface area contributed by atoms with Crippen molar-refractivity contribution in [3.63, 3.8) is 0 Å². The Kier molecular flexibility index (Phi) is 4.96. The van der Waals surface area contributed by atoms with Gasteiger partial charge in [-0.2, -0.15) is 0 Å². The van der Waals surface area contributed by atoms with Crippen molar-refractivity contribution in [2.75, 3.05) is 13.7 Å². The third-order valence-corrected chi connectivity index (χ3v) is 4.56. The quantitative estimate of drug-likeness (QED) is 0.871. The molecule has 4 nitrogen and oxygen atoms in total. The van der Waals surface area contributed by atoms with E-state index in [0.29, 0.717) is 6.61 Å². The molecule has 3 atom stereocenters. The molecule has 0 bridgehead atoms. The second-order valence-electron chi connectivity index (χ2n) is 4.81. The number of thiophene rings is 1. The second-order valence-corrected chi connectivity index (χ2v) is 5.79. The first-order valence-corrected chi connectivity index (χ1v) is 7.71. The van der Waals surface area contributed by atoms with E-state index in [2.05, 4.69) is 23.7 Å². The van der Waals surface area contributed by atoms with Gasteiger partial charge in [-0.05, 0) is 24.3 Å². The molecule has 19 heavy (non-hydrogen) atoms. The highest BCUT2D eigenvalue weighted by atomic mass is 32.1. The largest absolute Gasteiger partial charge is 0.383 e. The molecule has 5 heteroatoms. The second kappa shape index (κ2) is 6.50. The van der Waals surface area contributed by atoms with Gasteiger partial charge in [-0.3, -0.25) is 10.1 Å². The van der Waals surface area contributed by atoms with Crippen molar-refractivity contribution in [1.82, 2.24) is 10.2 Å². The number of hydrogen-bond donors (Lipinski definition) is 1. The van der Waals surface area contributed by atoms with Crippen molar-refractivity contribution in [2.24, 2.45) is 0 Å². The van der Waals surface area contributed by atoms with Gasteiger partial charge in [0.25, 0.3) is 0 Å². The molecule has 2 rings (SSSR count). The van der Waals surface area contributed by atoms with Crippen molar-refractivity contribution in [2.45, 2.75) is 44.9 Å². The molecule has 0 spiro atoms. The molecule has 3 unspecified atom stereocenters. The van der Waals surface area contributed by atoms with Gasteiger partial charge in [0.2, 0.25) is 5.91 Å². The minimum atomic E-state index is -0.0713. The van der Waals surface area contributed by atoms with Gasteiger partial charge in [-0.25, -0.2) is 0 Å². The smallest absolute Gasteiger partial charge is 0.241 e. The van der Waals surface area contributed by atoms with E-state index in [4.69, 9.17) is 4.74 Å². The molecule has 1 aliphatic rings. The SMILES string of the molecule is CCC1NC(c2cccs2)N(C(CC)COC)C1=O. The third-order valence-electron chi connectivity index (χ3n) is 3.63. The summed E-state index contributed by atoms with van der Waals surface area (Å²) in [7, 11) is 1.69. The number of carbonyl (C=O) groups excluding carboxylic acids is 1. The maximum absolute atomic E-state index is 12.5. The molecule has 0 saturated carbocycles. The zero-order valence-corrected chi connectivity index (χ0v) is 12.6. The van der Waals surface area contributed by atoms with Gasteiger partial charge in [-0.15, -0.1) is 11.3 Å². The molecule has 2 heterocycles. The van der Waals surface area contributed by atoms with Crippen LogP contribution in [0.3, 0.4) is 0 Å². The number of rotatable bonds is 6. The molecular weight excluding hydrogens is 260 g/mol. The zero-order valence-electron chi connectivity index (χ0n) is 11.8. The first kappa shape index (κ1) is 14.5. The summed E-state index contributed by atoms with van der Waals surface area (Å²) in [6.07, 6.45) is 1.72. The van der Waals surface area contributed by atoms with E-state index >= 15 is 0 Å². The van der Waals surface area contributed by atoms with E-state index < -0.39 is 0 Å². The normalized spacial score (nSPS) is 25.0. The Balaban J connectivity index is 2.26. The molecule has 1 aromatic heterocycles. The number of methoxy groups -OCH3 is 1. The van der Waals surface area contributed by atoms with Gasteiger partial charge in [0.1, 0.15) is 6.17 Å². The van der Waals surface area contributed by atoms with E-state index in [1.165, 1.54) is 4.88 Å².